The SMILES string of the molecule is CCCCCNc1cnnc(Nc2cc(C)on2)n1. The molecule has 2 N–H and O–H groups in total. The fourth-order valence-corrected chi connectivity index (χ4v) is 1.57. The van der Waals surface area contributed by atoms with Crippen molar-refractivity contribution in [3.63, 3.8) is 0 Å². The highest BCUT2D eigenvalue weighted by Crippen LogP contribution is 2.13. The van der Waals surface area contributed by atoms with E-state index in [9.17, 15) is 0 Å². The monoisotopic (exact) mass is 262 g/mol. The Labute approximate surface area is 111 Å². The third kappa shape index (κ3) is 4.20. The molecule has 2 aromatic heterocycles. The van der Waals surface area contributed by atoms with Crippen molar-refractivity contribution in [3.05, 3.63) is 18.0 Å². The summed E-state index contributed by atoms with van der Waals surface area (Å²) in [4.78, 5) is 4.30. The fourth-order valence-electron chi connectivity index (χ4n) is 1.57. The Balaban J connectivity index is 1.91. The summed E-state index contributed by atoms with van der Waals surface area (Å²) in [7, 11) is 0. The molecule has 19 heavy (non-hydrogen) atoms. The highest BCUT2D eigenvalue weighted by molar-refractivity contribution is 5.48. The van der Waals surface area contributed by atoms with Gasteiger partial charge in [-0.25, -0.2) is 0 Å². The van der Waals surface area contributed by atoms with Crippen molar-refractivity contribution in [2.24, 2.45) is 0 Å². The zero-order valence-electron chi connectivity index (χ0n) is 11.2. The molecule has 2 heterocycles. The third-order valence-corrected chi connectivity index (χ3v) is 2.51. The molecule has 0 unspecified atom stereocenters. The Hall–Kier alpha value is -2.18. The minimum absolute atomic E-state index is 0.397. The summed E-state index contributed by atoms with van der Waals surface area (Å²) >= 11 is 0. The van der Waals surface area contributed by atoms with Gasteiger partial charge >= 0.3 is 0 Å². The van der Waals surface area contributed by atoms with Crippen LogP contribution in [0.3, 0.4) is 0 Å². The highest BCUT2D eigenvalue weighted by Gasteiger charge is 2.04. The maximum Gasteiger partial charge on any atom is 0.250 e. The number of anilines is 3. The smallest absolute Gasteiger partial charge is 0.250 e. The molecule has 102 valence electrons. The summed E-state index contributed by atoms with van der Waals surface area (Å²) in [5.41, 5.74) is 0. The number of nitrogens with zero attached hydrogens (tertiary/aromatic N) is 4. The average Bonchev–Trinajstić information content (AvgIpc) is 2.81. The van der Waals surface area contributed by atoms with Crippen LogP contribution in [0.5, 0.6) is 0 Å². The largest absolute Gasteiger partial charge is 0.369 e. The number of aromatic nitrogens is 4. The van der Waals surface area contributed by atoms with Crippen molar-refractivity contribution >= 4 is 17.6 Å². The first-order valence-electron chi connectivity index (χ1n) is 6.42. The molecule has 0 spiro atoms. The van der Waals surface area contributed by atoms with Crippen LogP contribution in [-0.2, 0) is 0 Å². The van der Waals surface area contributed by atoms with Gasteiger partial charge in [-0.1, -0.05) is 24.9 Å². The lowest BCUT2D eigenvalue weighted by Gasteiger charge is -2.05. The molecule has 7 heteroatoms. The molecule has 0 saturated heterocycles. The maximum absolute atomic E-state index is 4.95. The van der Waals surface area contributed by atoms with E-state index in [2.05, 4.69) is 37.9 Å². The summed E-state index contributed by atoms with van der Waals surface area (Å²) < 4.78 is 4.95. The van der Waals surface area contributed by atoms with Crippen molar-refractivity contribution in [1.82, 2.24) is 20.3 Å². The number of hydrogen-bond acceptors (Lipinski definition) is 7. The second-order valence-electron chi connectivity index (χ2n) is 4.25. The number of nitrogens with one attached hydrogen (secondary N) is 2. The molecule has 0 bridgehead atoms. The van der Waals surface area contributed by atoms with Crippen molar-refractivity contribution in [3.8, 4) is 0 Å². The van der Waals surface area contributed by atoms with Crippen LogP contribution < -0.4 is 10.6 Å². The van der Waals surface area contributed by atoms with E-state index in [1.165, 1.54) is 12.8 Å². The Kier molecular flexibility index (Phi) is 4.66. The molecule has 0 atom stereocenters. The minimum atomic E-state index is 0.397. The lowest BCUT2D eigenvalue weighted by Crippen LogP contribution is -2.06. The van der Waals surface area contributed by atoms with Gasteiger partial charge in [-0.2, -0.15) is 10.1 Å². The first kappa shape index (κ1) is 13.3. The van der Waals surface area contributed by atoms with Crippen molar-refractivity contribution < 1.29 is 4.52 Å². The van der Waals surface area contributed by atoms with E-state index in [0.29, 0.717) is 17.6 Å². The Morgan fingerprint density at radius 3 is 2.89 bits per heavy atom. The predicted molar refractivity (Wildman–Crippen MR) is 72.4 cm³/mol. The van der Waals surface area contributed by atoms with Gasteiger partial charge in [-0.15, -0.1) is 5.10 Å². The van der Waals surface area contributed by atoms with Gasteiger partial charge in [0.05, 0.1) is 6.20 Å². The van der Waals surface area contributed by atoms with Crippen LogP contribution in [-0.4, -0.2) is 26.9 Å². The fraction of sp³-hybridized carbons (Fsp3) is 0.500. The molecular formula is C12H18N6O. The first-order chi connectivity index (χ1) is 9.28. The van der Waals surface area contributed by atoms with Crippen LogP contribution in [0.2, 0.25) is 0 Å². The minimum Gasteiger partial charge on any atom is -0.369 e. The normalized spacial score (nSPS) is 10.4. The van der Waals surface area contributed by atoms with Gasteiger partial charge in [0.25, 0.3) is 0 Å². The number of rotatable bonds is 7. The summed E-state index contributed by atoms with van der Waals surface area (Å²) in [6.07, 6.45) is 5.12. The molecule has 0 saturated carbocycles. The number of aryl methyl sites for hydroxylation is 1. The van der Waals surface area contributed by atoms with Gasteiger partial charge in [0.1, 0.15) is 5.76 Å². The maximum atomic E-state index is 4.95. The van der Waals surface area contributed by atoms with Gasteiger partial charge in [0.2, 0.25) is 5.95 Å². The zero-order valence-corrected chi connectivity index (χ0v) is 11.2. The van der Waals surface area contributed by atoms with E-state index in [-0.39, 0.29) is 0 Å². The van der Waals surface area contributed by atoms with Crippen LogP contribution in [0.1, 0.15) is 31.9 Å². The van der Waals surface area contributed by atoms with Gasteiger partial charge in [0, 0.05) is 12.6 Å². The molecule has 0 aliphatic carbocycles. The van der Waals surface area contributed by atoms with Gasteiger partial charge in [-0.3, -0.25) is 0 Å². The van der Waals surface area contributed by atoms with E-state index in [4.69, 9.17) is 4.52 Å². The first-order valence-corrected chi connectivity index (χ1v) is 6.42. The molecule has 0 radical (unpaired) electrons. The molecule has 0 amide bonds. The van der Waals surface area contributed by atoms with E-state index in [0.717, 1.165) is 18.7 Å². The molecule has 0 aliphatic rings. The van der Waals surface area contributed by atoms with E-state index in [1.54, 1.807) is 12.3 Å². The second kappa shape index (κ2) is 6.67. The van der Waals surface area contributed by atoms with Gasteiger partial charge in [0.15, 0.2) is 11.6 Å². The van der Waals surface area contributed by atoms with Crippen molar-refractivity contribution in [1.29, 1.82) is 0 Å². The molecule has 0 aliphatic heterocycles. The molecule has 2 rings (SSSR count). The van der Waals surface area contributed by atoms with Crippen LogP contribution in [0, 0.1) is 6.92 Å². The molecular weight excluding hydrogens is 244 g/mol. The summed E-state index contributed by atoms with van der Waals surface area (Å²) in [5, 5.41) is 17.7. The quantitative estimate of drug-likeness (QED) is 0.741. The second-order valence-corrected chi connectivity index (χ2v) is 4.25. The van der Waals surface area contributed by atoms with E-state index < -0.39 is 0 Å². The predicted octanol–water partition coefficient (Wildman–Crippen LogP) is 2.51. The third-order valence-electron chi connectivity index (χ3n) is 2.51. The van der Waals surface area contributed by atoms with Crippen molar-refractivity contribution in [2.75, 3.05) is 17.2 Å². The Morgan fingerprint density at radius 1 is 1.26 bits per heavy atom. The standard InChI is InChI=1S/C12H18N6O/c1-3-4-5-6-13-11-8-14-17-12(16-11)15-10-7-9(2)19-18-10/h7-8H,3-6H2,1-2H3,(H2,13,15,16,17,18). The van der Waals surface area contributed by atoms with Gasteiger partial charge in [-0.05, 0) is 13.3 Å². The van der Waals surface area contributed by atoms with Crippen LogP contribution in [0.4, 0.5) is 17.6 Å². The van der Waals surface area contributed by atoms with Crippen LogP contribution in [0.15, 0.2) is 16.8 Å². The van der Waals surface area contributed by atoms with Crippen molar-refractivity contribution in [2.45, 2.75) is 33.1 Å². The van der Waals surface area contributed by atoms with Crippen LogP contribution >= 0.6 is 0 Å². The molecule has 2 aromatic rings. The Morgan fingerprint density at radius 2 is 2.16 bits per heavy atom. The summed E-state index contributed by atoms with van der Waals surface area (Å²) in [5.74, 6) is 2.40. The van der Waals surface area contributed by atoms with Crippen LogP contribution in [0.25, 0.3) is 0 Å². The molecule has 7 nitrogen and oxygen atoms in total. The van der Waals surface area contributed by atoms with Gasteiger partial charge < -0.3 is 15.2 Å². The zero-order chi connectivity index (χ0) is 13.5. The topological polar surface area (TPSA) is 88.8 Å². The molecule has 0 aromatic carbocycles. The average molecular weight is 262 g/mol. The Bertz CT molecular complexity index is 512. The molecule has 0 fully saturated rings. The van der Waals surface area contributed by atoms with E-state index >= 15 is 0 Å². The summed E-state index contributed by atoms with van der Waals surface area (Å²) in [6.45, 7) is 4.88. The van der Waals surface area contributed by atoms with E-state index in [1.807, 2.05) is 6.92 Å². The number of hydrogen-bond donors (Lipinski definition) is 2. The highest BCUT2D eigenvalue weighted by atomic mass is 16.5. The summed E-state index contributed by atoms with van der Waals surface area (Å²) in [6, 6.07) is 1.77. The number of unbranched alkanes of at least 4 members (excludes halogenated alkanes) is 2. The lowest BCUT2D eigenvalue weighted by molar-refractivity contribution is 0.400. The lowest BCUT2D eigenvalue weighted by atomic mass is 10.2.